The van der Waals surface area contributed by atoms with Crippen molar-refractivity contribution in [2.75, 3.05) is 26.1 Å². The van der Waals surface area contributed by atoms with Crippen LogP contribution in [0.1, 0.15) is 20.8 Å². The first-order valence-electron chi connectivity index (χ1n) is 9.09. The molecule has 3 aromatic rings. The Bertz CT molecular complexity index is 1100. The van der Waals surface area contributed by atoms with E-state index >= 15 is 0 Å². The standard InChI is InChI=1S/C21H19Cl2N3O4S/c1-29-16-7-6-13(9-17(16)30-2)20(28)24-11-18(27)26-21-25-10-14(31-21)8-12-4-3-5-15(22)19(12)23/h3-7,9-10H,8,11H2,1-2H3,(H,24,28)(H,25,26,27). The number of hydrogen-bond acceptors (Lipinski definition) is 6. The van der Waals surface area contributed by atoms with Gasteiger partial charge in [-0.15, -0.1) is 11.3 Å². The van der Waals surface area contributed by atoms with Gasteiger partial charge in [0.25, 0.3) is 5.91 Å². The molecule has 0 aliphatic carbocycles. The van der Waals surface area contributed by atoms with Crippen LogP contribution in [0.3, 0.4) is 0 Å². The van der Waals surface area contributed by atoms with Crippen LogP contribution in [0.5, 0.6) is 11.5 Å². The van der Waals surface area contributed by atoms with Crippen LogP contribution in [-0.2, 0) is 11.2 Å². The minimum absolute atomic E-state index is 0.206. The fraction of sp³-hybridized carbons (Fsp3) is 0.190. The van der Waals surface area contributed by atoms with Crippen molar-refractivity contribution in [3.8, 4) is 11.5 Å². The summed E-state index contributed by atoms with van der Waals surface area (Å²) in [5, 5.41) is 6.66. The summed E-state index contributed by atoms with van der Waals surface area (Å²) in [4.78, 5) is 29.6. The Morgan fingerprint density at radius 2 is 1.87 bits per heavy atom. The molecule has 0 atom stereocenters. The molecule has 1 heterocycles. The van der Waals surface area contributed by atoms with Crippen LogP contribution in [0.15, 0.2) is 42.6 Å². The van der Waals surface area contributed by atoms with E-state index in [-0.39, 0.29) is 6.54 Å². The second-order valence-corrected chi connectivity index (χ2v) is 8.22. The Hall–Kier alpha value is -2.81. The Kier molecular flexibility index (Phi) is 7.73. The molecule has 31 heavy (non-hydrogen) atoms. The molecule has 0 aliphatic rings. The van der Waals surface area contributed by atoms with Gasteiger partial charge >= 0.3 is 0 Å². The predicted molar refractivity (Wildman–Crippen MR) is 122 cm³/mol. The summed E-state index contributed by atoms with van der Waals surface area (Å²) in [5.41, 5.74) is 1.22. The fourth-order valence-corrected chi connectivity index (χ4v) is 3.96. The van der Waals surface area contributed by atoms with Crippen LogP contribution in [0.25, 0.3) is 0 Å². The summed E-state index contributed by atoms with van der Waals surface area (Å²) >= 11 is 13.6. The highest BCUT2D eigenvalue weighted by Crippen LogP contribution is 2.30. The molecule has 162 valence electrons. The first-order chi connectivity index (χ1) is 14.9. The Labute approximate surface area is 193 Å². The lowest BCUT2D eigenvalue weighted by Crippen LogP contribution is -2.32. The van der Waals surface area contributed by atoms with Crippen LogP contribution >= 0.6 is 34.5 Å². The molecule has 0 bridgehead atoms. The molecular weight excluding hydrogens is 461 g/mol. The number of methoxy groups -OCH3 is 2. The molecule has 2 aromatic carbocycles. The van der Waals surface area contributed by atoms with E-state index in [0.717, 1.165) is 10.4 Å². The molecule has 2 amide bonds. The van der Waals surface area contributed by atoms with Gasteiger partial charge in [0.1, 0.15) is 0 Å². The number of hydrogen-bond donors (Lipinski definition) is 2. The predicted octanol–water partition coefficient (Wildman–Crippen LogP) is 4.43. The number of nitrogens with zero attached hydrogens (tertiary/aromatic N) is 1. The molecule has 0 saturated heterocycles. The van der Waals surface area contributed by atoms with Crippen LogP contribution in [0.2, 0.25) is 10.0 Å². The van der Waals surface area contributed by atoms with E-state index in [0.29, 0.717) is 38.7 Å². The van der Waals surface area contributed by atoms with Crippen molar-refractivity contribution >= 4 is 51.5 Å². The molecule has 3 rings (SSSR count). The SMILES string of the molecule is COc1ccc(C(=O)NCC(=O)Nc2ncc(Cc3cccc(Cl)c3Cl)s2)cc1OC. The summed E-state index contributed by atoms with van der Waals surface area (Å²) in [6.07, 6.45) is 2.21. The van der Waals surface area contributed by atoms with E-state index < -0.39 is 11.8 Å². The number of amides is 2. The summed E-state index contributed by atoms with van der Waals surface area (Å²) in [6, 6.07) is 10.2. The van der Waals surface area contributed by atoms with E-state index in [1.165, 1.54) is 25.6 Å². The zero-order valence-electron chi connectivity index (χ0n) is 16.7. The lowest BCUT2D eigenvalue weighted by molar-refractivity contribution is -0.115. The number of anilines is 1. The zero-order chi connectivity index (χ0) is 22.4. The van der Waals surface area contributed by atoms with Crippen LogP contribution in [0.4, 0.5) is 5.13 Å². The normalized spacial score (nSPS) is 10.5. The monoisotopic (exact) mass is 479 g/mol. The quantitative estimate of drug-likeness (QED) is 0.498. The molecule has 10 heteroatoms. The molecule has 2 N–H and O–H groups in total. The number of halogens is 2. The Balaban J connectivity index is 1.54. The van der Waals surface area contributed by atoms with Gasteiger partial charge in [0.2, 0.25) is 5.91 Å². The van der Waals surface area contributed by atoms with E-state index in [1.54, 1.807) is 30.5 Å². The third-order valence-electron chi connectivity index (χ3n) is 4.25. The maximum absolute atomic E-state index is 12.3. The number of rotatable bonds is 8. The van der Waals surface area contributed by atoms with Crippen molar-refractivity contribution in [3.05, 3.63) is 68.6 Å². The highest BCUT2D eigenvalue weighted by molar-refractivity contribution is 7.15. The molecule has 0 fully saturated rings. The summed E-state index contributed by atoms with van der Waals surface area (Å²) in [6.45, 7) is -0.206. The van der Waals surface area contributed by atoms with Crippen molar-refractivity contribution in [3.63, 3.8) is 0 Å². The Morgan fingerprint density at radius 3 is 2.61 bits per heavy atom. The third kappa shape index (κ3) is 5.88. The van der Waals surface area contributed by atoms with Gasteiger partial charge < -0.3 is 20.1 Å². The van der Waals surface area contributed by atoms with Crippen LogP contribution < -0.4 is 20.1 Å². The summed E-state index contributed by atoms with van der Waals surface area (Å²) in [7, 11) is 2.99. The van der Waals surface area contributed by atoms with Crippen molar-refractivity contribution in [1.29, 1.82) is 0 Å². The molecule has 7 nitrogen and oxygen atoms in total. The highest BCUT2D eigenvalue weighted by Gasteiger charge is 2.13. The van der Waals surface area contributed by atoms with Gasteiger partial charge in [-0.05, 0) is 29.8 Å². The maximum atomic E-state index is 12.3. The van der Waals surface area contributed by atoms with Gasteiger partial charge in [-0.2, -0.15) is 0 Å². The minimum atomic E-state index is -0.411. The lowest BCUT2D eigenvalue weighted by Gasteiger charge is -2.10. The van der Waals surface area contributed by atoms with E-state index in [2.05, 4.69) is 15.6 Å². The number of carbonyl (C=O) groups is 2. The minimum Gasteiger partial charge on any atom is -0.493 e. The lowest BCUT2D eigenvalue weighted by atomic mass is 10.1. The number of carbonyl (C=O) groups excluding carboxylic acids is 2. The van der Waals surface area contributed by atoms with E-state index in [4.69, 9.17) is 32.7 Å². The number of ether oxygens (including phenoxy) is 2. The van der Waals surface area contributed by atoms with Crippen molar-refractivity contribution in [1.82, 2.24) is 10.3 Å². The first-order valence-corrected chi connectivity index (χ1v) is 10.7. The maximum Gasteiger partial charge on any atom is 0.251 e. The highest BCUT2D eigenvalue weighted by atomic mass is 35.5. The number of aromatic nitrogens is 1. The van der Waals surface area contributed by atoms with E-state index in [9.17, 15) is 9.59 Å². The molecule has 0 aliphatic heterocycles. The smallest absolute Gasteiger partial charge is 0.251 e. The molecule has 0 unspecified atom stereocenters. The fourth-order valence-electron chi connectivity index (χ4n) is 2.72. The topological polar surface area (TPSA) is 89.5 Å². The average molecular weight is 480 g/mol. The largest absolute Gasteiger partial charge is 0.493 e. The molecule has 1 aromatic heterocycles. The number of benzene rings is 2. The van der Waals surface area contributed by atoms with Crippen molar-refractivity contribution in [2.24, 2.45) is 0 Å². The molecule has 0 radical (unpaired) electrons. The van der Waals surface area contributed by atoms with Gasteiger partial charge in [0, 0.05) is 23.1 Å². The second-order valence-electron chi connectivity index (χ2n) is 6.32. The van der Waals surface area contributed by atoms with Crippen molar-refractivity contribution < 1.29 is 19.1 Å². The third-order valence-corrected chi connectivity index (χ3v) is 6.02. The second kappa shape index (κ2) is 10.5. The number of nitrogens with one attached hydrogen (secondary N) is 2. The zero-order valence-corrected chi connectivity index (χ0v) is 19.0. The Morgan fingerprint density at radius 1 is 1.10 bits per heavy atom. The van der Waals surface area contributed by atoms with Gasteiger partial charge in [-0.25, -0.2) is 4.98 Å². The van der Waals surface area contributed by atoms with Gasteiger partial charge in [0.15, 0.2) is 16.6 Å². The van der Waals surface area contributed by atoms with Crippen LogP contribution in [-0.4, -0.2) is 37.6 Å². The summed E-state index contributed by atoms with van der Waals surface area (Å²) < 4.78 is 10.3. The number of thiazole rings is 1. The van der Waals surface area contributed by atoms with Crippen molar-refractivity contribution in [2.45, 2.75) is 6.42 Å². The average Bonchev–Trinajstić information content (AvgIpc) is 3.21. The van der Waals surface area contributed by atoms with Gasteiger partial charge in [-0.3, -0.25) is 9.59 Å². The molecule has 0 spiro atoms. The van der Waals surface area contributed by atoms with Crippen LogP contribution in [0, 0.1) is 0 Å². The van der Waals surface area contributed by atoms with Gasteiger partial charge in [0.05, 0.1) is 30.8 Å². The molecule has 0 saturated carbocycles. The summed E-state index contributed by atoms with van der Waals surface area (Å²) in [5.74, 6) is 0.132. The van der Waals surface area contributed by atoms with E-state index in [1.807, 2.05) is 12.1 Å². The molecular formula is C21H19Cl2N3O4S. The first kappa shape index (κ1) is 22.9. The van der Waals surface area contributed by atoms with Gasteiger partial charge in [-0.1, -0.05) is 35.3 Å².